The zero-order valence-electron chi connectivity index (χ0n) is 11.6. The first kappa shape index (κ1) is 16.2. The molecule has 2 fully saturated rings. The fourth-order valence-electron chi connectivity index (χ4n) is 2.86. The van der Waals surface area contributed by atoms with Crippen LogP contribution in [0.5, 0.6) is 0 Å². The van der Waals surface area contributed by atoms with Crippen molar-refractivity contribution in [3.63, 3.8) is 0 Å². The second kappa shape index (κ2) is 5.54. The lowest BCUT2D eigenvalue weighted by molar-refractivity contribution is -0.743. The molecular formula is C7H12N8O8. The Morgan fingerprint density at radius 1 is 0.565 bits per heavy atom. The van der Waals surface area contributed by atoms with Gasteiger partial charge in [0.05, 0.1) is 31.6 Å². The number of nitrogens with zero attached hydrogens (tertiary/aromatic N) is 8. The molecule has 0 radical (unpaired) electrons. The lowest BCUT2D eigenvalue weighted by Crippen LogP contribution is -2.69. The minimum atomic E-state index is -1.39. The number of rotatable bonds is 4. The van der Waals surface area contributed by atoms with Gasteiger partial charge in [0.15, 0.2) is 20.1 Å². The predicted octanol–water partition coefficient (Wildman–Crippen LogP) is -2.11. The summed E-state index contributed by atoms with van der Waals surface area (Å²) in [5.74, 6) is 0. The Labute approximate surface area is 126 Å². The van der Waals surface area contributed by atoms with Crippen molar-refractivity contribution in [2.24, 2.45) is 5.41 Å². The van der Waals surface area contributed by atoms with Gasteiger partial charge in [-0.15, -0.1) is 20.0 Å². The van der Waals surface area contributed by atoms with Crippen molar-refractivity contribution >= 4 is 0 Å². The first-order chi connectivity index (χ1) is 10.6. The molecule has 1 spiro atoms. The number of nitro groups is 4. The molecule has 2 aliphatic heterocycles. The first-order valence-electron chi connectivity index (χ1n) is 6.20. The third-order valence-corrected chi connectivity index (χ3v) is 3.65. The molecule has 128 valence electrons. The molecular weight excluding hydrogens is 324 g/mol. The van der Waals surface area contributed by atoms with E-state index in [-0.39, 0.29) is 26.2 Å². The van der Waals surface area contributed by atoms with Gasteiger partial charge in [-0.3, -0.25) is 0 Å². The van der Waals surface area contributed by atoms with Crippen LogP contribution in [0, 0.1) is 45.9 Å². The Morgan fingerprint density at radius 3 is 0.957 bits per heavy atom. The highest BCUT2D eigenvalue weighted by atomic mass is 16.7. The van der Waals surface area contributed by atoms with E-state index in [2.05, 4.69) is 0 Å². The number of hydrogen-bond donors (Lipinski definition) is 0. The van der Waals surface area contributed by atoms with Crippen LogP contribution in [0.15, 0.2) is 0 Å². The van der Waals surface area contributed by atoms with Crippen LogP contribution >= 0.6 is 0 Å². The summed E-state index contributed by atoms with van der Waals surface area (Å²) < 4.78 is 0. The van der Waals surface area contributed by atoms with Crippen molar-refractivity contribution in [2.75, 3.05) is 39.5 Å². The quantitative estimate of drug-likeness (QED) is 0.402. The van der Waals surface area contributed by atoms with Crippen molar-refractivity contribution in [3.8, 4) is 0 Å². The van der Waals surface area contributed by atoms with Gasteiger partial charge in [-0.1, -0.05) is 0 Å². The van der Waals surface area contributed by atoms with Gasteiger partial charge in [0.2, 0.25) is 13.3 Å². The Bertz CT molecular complexity index is 459. The Morgan fingerprint density at radius 2 is 0.783 bits per heavy atom. The second-order valence-corrected chi connectivity index (χ2v) is 5.39. The van der Waals surface area contributed by atoms with Gasteiger partial charge in [0.25, 0.3) is 0 Å². The maximum Gasteiger partial charge on any atom is 0.207 e. The molecule has 23 heavy (non-hydrogen) atoms. The number of hydrogen-bond acceptors (Lipinski definition) is 8. The summed E-state index contributed by atoms with van der Waals surface area (Å²) in [6.45, 7) is -2.73. The van der Waals surface area contributed by atoms with Gasteiger partial charge in [-0.2, -0.15) is 0 Å². The van der Waals surface area contributed by atoms with E-state index in [0.29, 0.717) is 20.0 Å². The monoisotopic (exact) mass is 336 g/mol. The molecule has 0 amide bonds. The van der Waals surface area contributed by atoms with Gasteiger partial charge in [-0.25, -0.2) is 40.5 Å². The summed E-state index contributed by atoms with van der Waals surface area (Å²) in [6, 6.07) is 0. The second-order valence-electron chi connectivity index (χ2n) is 5.39. The number of hydrazine groups is 4. The van der Waals surface area contributed by atoms with Gasteiger partial charge < -0.3 is 0 Å². The summed E-state index contributed by atoms with van der Waals surface area (Å²) in [6.07, 6.45) is 0. The standard InChI is InChI=1S/C7H12N8O8/c16-12(17)8-1-7(2-9(5-8)13(18)19)3-10(14(20)21)6-11(4-7)15(22)23/h1-6H2. The van der Waals surface area contributed by atoms with E-state index in [1.54, 1.807) is 0 Å². The summed E-state index contributed by atoms with van der Waals surface area (Å²) in [5.41, 5.74) is -1.39. The van der Waals surface area contributed by atoms with Crippen molar-refractivity contribution in [3.05, 3.63) is 40.5 Å². The van der Waals surface area contributed by atoms with E-state index in [9.17, 15) is 40.5 Å². The van der Waals surface area contributed by atoms with E-state index in [1.807, 2.05) is 0 Å². The molecule has 0 atom stereocenters. The van der Waals surface area contributed by atoms with Gasteiger partial charge >= 0.3 is 0 Å². The highest BCUT2D eigenvalue weighted by molar-refractivity contribution is 4.91. The van der Waals surface area contributed by atoms with Crippen LogP contribution in [0.3, 0.4) is 0 Å². The Balaban J connectivity index is 2.34. The lowest BCUT2D eigenvalue weighted by atomic mass is 9.84. The smallest absolute Gasteiger partial charge is 0.207 e. The molecule has 2 heterocycles. The van der Waals surface area contributed by atoms with Crippen LogP contribution in [0.2, 0.25) is 0 Å². The Kier molecular flexibility index (Phi) is 3.89. The Hall–Kier alpha value is -3.20. The highest BCUT2D eigenvalue weighted by Gasteiger charge is 2.54. The average molecular weight is 336 g/mol. The fraction of sp³-hybridized carbons (Fsp3) is 1.00. The van der Waals surface area contributed by atoms with Crippen LogP contribution in [0.4, 0.5) is 0 Å². The minimum absolute atomic E-state index is 0.376. The van der Waals surface area contributed by atoms with Crippen molar-refractivity contribution in [1.82, 2.24) is 20.0 Å². The molecule has 0 unspecified atom stereocenters. The molecule has 0 N–H and O–H groups in total. The van der Waals surface area contributed by atoms with Crippen LogP contribution in [0.1, 0.15) is 0 Å². The molecule has 0 aromatic rings. The van der Waals surface area contributed by atoms with E-state index in [4.69, 9.17) is 0 Å². The largest absolute Gasteiger partial charge is 0.235 e. The van der Waals surface area contributed by atoms with E-state index in [0.717, 1.165) is 0 Å². The lowest BCUT2D eigenvalue weighted by Gasteiger charge is -2.44. The minimum Gasteiger partial charge on any atom is -0.235 e. The van der Waals surface area contributed by atoms with Crippen molar-refractivity contribution in [1.29, 1.82) is 0 Å². The SMILES string of the molecule is O=[N+]([O-])N1CN([N+](=O)[O-])CC2(C1)CN([N+](=O)[O-])CN([N+](=O)[O-])C2. The third kappa shape index (κ3) is 3.19. The van der Waals surface area contributed by atoms with Crippen LogP contribution in [-0.2, 0) is 0 Å². The van der Waals surface area contributed by atoms with E-state index in [1.165, 1.54) is 0 Å². The van der Waals surface area contributed by atoms with Gasteiger partial charge in [-0.05, 0) is 0 Å². The molecule has 2 saturated heterocycles. The molecule has 0 saturated carbocycles. The maximum absolute atomic E-state index is 11.0. The normalized spacial score (nSPS) is 20.5. The highest BCUT2D eigenvalue weighted by Crippen LogP contribution is 2.31. The van der Waals surface area contributed by atoms with Gasteiger partial charge in [0.1, 0.15) is 0 Å². The maximum atomic E-state index is 11.0. The molecule has 0 aromatic carbocycles. The first-order valence-corrected chi connectivity index (χ1v) is 6.20. The zero-order chi connectivity index (χ0) is 17.4. The fourth-order valence-corrected chi connectivity index (χ4v) is 2.86. The molecule has 16 nitrogen and oxygen atoms in total. The summed E-state index contributed by atoms with van der Waals surface area (Å²) in [4.78, 5) is 43.9. The molecule has 0 aliphatic carbocycles. The van der Waals surface area contributed by atoms with Gasteiger partial charge in [0, 0.05) is 0 Å². The van der Waals surface area contributed by atoms with E-state index < -0.39 is 38.9 Å². The predicted molar refractivity (Wildman–Crippen MR) is 67.0 cm³/mol. The van der Waals surface area contributed by atoms with Crippen molar-refractivity contribution < 1.29 is 20.1 Å². The summed E-state index contributed by atoms with van der Waals surface area (Å²) >= 11 is 0. The summed E-state index contributed by atoms with van der Waals surface area (Å²) in [7, 11) is 0. The summed E-state index contributed by atoms with van der Waals surface area (Å²) in [5, 5.41) is 42.5. The molecule has 0 bridgehead atoms. The zero-order valence-corrected chi connectivity index (χ0v) is 11.6. The van der Waals surface area contributed by atoms with E-state index >= 15 is 0 Å². The third-order valence-electron chi connectivity index (χ3n) is 3.65. The average Bonchev–Trinajstić information content (AvgIpc) is 2.45. The molecule has 16 heteroatoms. The van der Waals surface area contributed by atoms with Crippen LogP contribution < -0.4 is 0 Å². The molecule has 0 aromatic heterocycles. The van der Waals surface area contributed by atoms with Crippen molar-refractivity contribution in [2.45, 2.75) is 0 Å². The molecule has 2 aliphatic rings. The van der Waals surface area contributed by atoms with Crippen LogP contribution in [-0.4, -0.2) is 79.7 Å². The molecule has 2 rings (SSSR count). The van der Waals surface area contributed by atoms with Crippen LogP contribution in [0.25, 0.3) is 0 Å². The topological polar surface area (TPSA) is 186 Å².